The molecule has 0 bridgehead atoms. The minimum atomic E-state index is -0.643. The highest BCUT2D eigenvalue weighted by molar-refractivity contribution is 6.29. The third kappa shape index (κ3) is 4.53. The van der Waals surface area contributed by atoms with Gasteiger partial charge in [-0.3, -0.25) is 4.79 Å². The van der Waals surface area contributed by atoms with Crippen LogP contribution in [0.5, 0.6) is 0 Å². The maximum atomic E-state index is 12.2. The molecule has 2 aromatic rings. The van der Waals surface area contributed by atoms with Crippen molar-refractivity contribution < 1.29 is 9.59 Å². The molecule has 5 nitrogen and oxygen atoms in total. The second-order valence-electron chi connectivity index (χ2n) is 5.71. The number of rotatable bonds is 4. The summed E-state index contributed by atoms with van der Waals surface area (Å²) >= 11 is 5.71. The van der Waals surface area contributed by atoms with Gasteiger partial charge in [-0.05, 0) is 44.5 Å². The van der Waals surface area contributed by atoms with Crippen LogP contribution >= 0.6 is 11.6 Å². The number of aromatic nitrogens is 1. The summed E-state index contributed by atoms with van der Waals surface area (Å²) in [4.78, 5) is 27.6. The standard InChI is InChI=1S/C17H18ClN3O2/c1-11(22)12-5-4-6-13(9-12)17(2,3)21-16(23)20-14-7-8-15(18)19-10-14/h4-10H,1-3H3,(H2,20,21,23). The first-order valence-corrected chi connectivity index (χ1v) is 7.48. The van der Waals surface area contributed by atoms with Crippen LogP contribution in [-0.4, -0.2) is 16.8 Å². The van der Waals surface area contributed by atoms with Gasteiger partial charge in [-0.1, -0.05) is 29.8 Å². The number of hydrogen-bond donors (Lipinski definition) is 2. The molecule has 1 aromatic heterocycles. The number of nitrogens with one attached hydrogen (secondary N) is 2. The Labute approximate surface area is 140 Å². The molecule has 0 atom stereocenters. The predicted molar refractivity (Wildman–Crippen MR) is 90.9 cm³/mol. The number of Topliss-reactive ketones (excluding diaryl/α,β-unsaturated/α-hetero) is 1. The topological polar surface area (TPSA) is 71.1 Å². The first-order valence-electron chi connectivity index (χ1n) is 7.10. The Morgan fingerprint density at radius 3 is 2.52 bits per heavy atom. The molecule has 0 saturated carbocycles. The Bertz CT molecular complexity index is 727. The fourth-order valence-electron chi connectivity index (χ4n) is 2.10. The van der Waals surface area contributed by atoms with Crippen molar-refractivity contribution in [3.05, 3.63) is 58.9 Å². The van der Waals surface area contributed by atoms with Crippen LogP contribution in [0.4, 0.5) is 10.5 Å². The molecule has 2 amide bonds. The van der Waals surface area contributed by atoms with E-state index in [4.69, 9.17) is 11.6 Å². The molecule has 0 aliphatic rings. The van der Waals surface area contributed by atoms with Gasteiger partial charge in [0.25, 0.3) is 0 Å². The molecular weight excluding hydrogens is 314 g/mol. The zero-order chi connectivity index (χ0) is 17.0. The summed E-state index contributed by atoms with van der Waals surface area (Å²) in [6.45, 7) is 5.25. The molecule has 0 aliphatic carbocycles. The molecule has 0 spiro atoms. The summed E-state index contributed by atoms with van der Waals surface area (Å²) in [5.74, 6) is -0.0145. The van der Waals surface area contributed by atoms with Crippen LogP contribution in [0.1, 0.15) is 36.7 Å². The Morgan fingerprint density at radius 2 is 1.91 bits per heavy atom. The molecule has 6 heteroatoms. The zero-order valence-electron chi connectivity index (χ0n) is 13.2. The first-order chi connectivity index (χ1) is 10.8. The SMILES string of the molecule is CC(=O)c1cccc(C(C)(C)NC(=O)Nc2ccc(Cl)nc2)c1. The van der Waals surface area contributed by atoms with Gasteiger partial charge in [0.05, 0.1) is 17.4 Å². The second-order valence-corrected chi connectivity index (χ2v) is 6.10. The van der Waals surface area contributed by atoms with Crippen molar-refractivity contribution in [1.82, 2.24) is 10.3 Å². The molecule has 2 N–H and O–H groups in total. The fourth-order valence-corrected chi connectivity index (χ4v) is 2.21. The van der Waals surface area contributed by atoms with Gasteiger partial charge in [0.1, 0.15) is 5.15 Å². The van der Waals surface area contributed by atoms with Crippen LogP contribution in [0.2, 0.25) is 5.15 Å². The van der Waals surface area contributed by atoms with Crippen LogP contribution in [-0.2, 0) is 5.54 Å². The minimum Gasteiger partial charge on any atom is -0.329 e. The molecule has 0 saturated heterocycles. The number of nitrogens with zero attached hydrogens (tertiary/aromatic N) is 1. The summed E-state index contributed by atoms with van der Waals surface area (Å²) in [5.41, 5.74) is 1.35. The molecule has 0 radical (unpaired) electrons. The number of pyridine rings is 1. The molecule has 1 heterocycles. The van der Waals surface area contributed by atoms with Crippen LogP contribution in [0.15, 0.2) is 42.6 Å². The normalized spacial score (nSPS) is 11.0. The largest absolute Gasteiger partial charge is 0.329 e. The second kappa shape index (κ2) is 6.79. The monoisotopic (exact) mass is 331 g/mol. The highest BCUT2D eigenvalue weighted by Crippen LogP contribution is 2.21. The Balaban J connectivity index is 2.10. The van der Waals surface area contributed by atoms with Gasteiger partial charge in [0, 0.05) is 5.56 Å². The zero-order valence-corrected chi connectivity index (χ0v) is 13.9. The van der Waals surface area contributed by atoms with E-state index in [0.717, 1.165) is 5.56 Å². The summed E-state index contributed by atoms with van der Waals surface area (Å²) in [6, 6.07) is 10.1. The summed E-state index contributed by atoms with van der Waals surface area (Å²) < 4.78 is 0. The number of anilines is 1. The third-order valence-corrected chi connectivity index (χ3v) is 3.63. The van der Waals surface area contributed by atoms with Gasteiger partial charge in [-0.2, -0.15) is 0 Å². The lowest BCUT2D eigenvalue weighted by Gasteiger charge is -2.27. The molecular formula is C17H18ClN3O2. The fraction of sp³-hybridized carbons (Fsp3) is 0.235. The number of amides is 2. The molecule has 23 heavy (non-hydrogen) atoms. The number of halogens is 1. The molecule has 1 aromatic carbocycles. The van der Waals surface area contributed by atoms with Crippen molar-refractivity contribution >= 4 is 29.1 Å². The van der Waals surface area contributed by atoms with E-state index in [9.17, 15) is 9.59 Å². The molecule has 0 unspecified atom stereocenters. The van der Waals surface area contributed by atoms with E-state index in [2.05, 4.69) is 15.6 Å². The van der Waals surface area contributed by atoms with Gasteiger partial charge in [-0.15, -0.1) is 0 Å². The number of carbonyl (C=O) groups excluding carboxylic acids is 2. The Kier molecular flexibility index (Phi) is 5.01. The van der Waals surface area contributed by atoms with Gasteiger partial charge in [0.2, 0.25) is 0 Å². The van der Waals surface area contributed by atoms with Crippen molar-refractivity contribution in [3.8, 4) is 0 Å². The minimum absolute atomic E-state index is 0.0145. The molecule has 2 rings (SSSR count). The van der Waals surface area contributed by atoms with Crippen molar-refractivity contribution in [3.63, 3.8) is 0 Å². The van der Waals surface area contributed by atoms with E-state index >= 15 is 0 Å². The first kappa shape index (κ1) is 17.0. The summed E-state index contributed by atoms with van der Waals surface area (Å²) in [7, 11) is 0. The summed E-state index contributed by atoms with van der Waals surface area (Å²) in [5, 5.41) is 5.93. The van der Waals surface area contributed by atoms with Crippen molar-refractivity contribution in [1.29, 1.82) is 0 Å². The molecule has 0 fully saturated rings. The highest BCUT2D eigenvalue weighted by Gasteiger charge is 2.23. The molecule has 0 aliphatic heterocycles. The van der Waals surface area contributed by atoms with Gasteiger partial charge in [-0.25, -0.2) is 9.78 Å². The summed E-state index contributed by atoms with van der Waals surface area (Å²) in [6.07, 6.45) is 1.48. The van der Waals surface area contributed by atoms with E-state index in [0.29, 0.717) is 16.4 Å². The van der Waals surface area contributed by atoms with Crippen LogP contribution in [0.3, 0.4) is 0 Å². The molecule has 120 valence electrons. The average molecular weight is 332 g/mol. The van der Waals surface area contributed by atoms with Gasteiger partial charge < -0.3 is 10.6 Å². The number of benzene rings is 1. The maximum Gasteiger partial charge on any atom is 0.319 e. The number of carbonyl (C=O) groups is 2. The maximum absolute atomic E-state index is 12.2. The number of ketones is 1. The van der Waals surface area contributed by atoms with E-state index < -0.39 is 5.54 Å². The van der Waals surface area contributed by atoms with Crippen molar-refractivity contribution in [2.75, 3.05) is 5.32 Å². The quantitative estimate of drug-likeness (QED) is 0.657. The Morgan fingerprint density at radius 1 is 1.17 bits per heavy atom. The average Bonchev–Trinajstić information content (AvgIpc) is 2.49. The Hall–Kier alpha value is -2.40. The van der Waals surface area contributed by atoms with E-state index in [1.54, 1.807) is 30.3 Å². The lowest BCUT2D eigenvalue weighted by molar-refractivity contribution is 0.101. The number of hydrogen-bond acceptors (Lipinski definition) is 3. The van der Waals surface area contributed by atoms with Gasteiger partial charge in [0.15, 0.2) is 5.78 Å². The predicted octanol–water partition coefficient (Wildman–Crippen LogP) is 3.99. The third-order valence-electron chi connectivity index (χ3n) is 3.40. The van der Waals surface area contributed by atoms with Gasteiger partial charge >= 0.3 is 6.03 Å². The van der Waals surface area contributed by atoms with E-state index in [-0.39, 0.29) is 11.8 Å². The lowest BCUT2D eigenvalue weighted by Crippen LogP contribution is -2.43. The van der Waals surface area contributed by atoms with Crippen LogP contribution in [0, 0.1) is 0 Å². The van der Waals surface area contributed by atoms with Crippen LogP contribution < -0.4 is 10.6 Å². The van der Waals surface area contributed by atoms with Crippen molar-refractivity contribution in [2.24, 2.45) is 0 Å². The van der Waals surface area contributed by atoms with Crippen LogP contribution in [0.25, 0.3) is 0 Å². The van der Waals surface area contributed by atoms with E-state index in [1.807, 2.05) is 19.9 Å². The van der Waals surface area contributed by atoms with Crippen molar-refractivity contribution in [2.45, 2.75) is 26.3 Å². The highest BCUT2D eigenvalue weighted by atomic mass is 35.5. The lowest BCUT2D eigenvalue weighted by atomic mass is 9.92. The van der Waals surface area contributed by atoms with E-state index in [1.165, 1.54) is 13.1 Å². The number of urea groups is 1. The smallest absolute Gasteiger partial charge is 0.319 e.